The molecule has 0 heterocycles. The third-order valence-corrected chi connectivity index (χ3v) is 4.69. The molecule has 27 heteroatoms. The number of carbonyl (C=O) groups is 9. The summed E-state index contributed by atoms with van der Waals surface area (Å²) in [5.41, 5.74) is 0. The Hall–Kier alpha value is -2.01. The number of aliphatic hydroxyl groups excluding tert-OH is 3. The van der Waals surface area contributed by atoms with Gasteiger partial charge in [0.25, 0.3) is 0 Å². The first kappa shape index (κ1) is 58.2. The molecule has 0 amide bonds. The summed E-state index contributed by atoms with van der Waals surface area (Å²) in [5.74, 6) is -13.5. The zero-order valence-electron chi connectivity index (χ0n) is 25.9. The largest absolute Gasteiger partial charge is 1.00 e. The molecular weight excluding hydrogens is 699 g/mol. The monoisotopic (exact) mass is 729 g/mol. The second-order valence-electron chi connectivity index (χ2n) is 8.13. The van der Waals surface area contributed by atoms with E-state index < -0.39 is 131 Å². The molecule has 0 aromatic rings. The molecule has 9 N–H and O–H groups in total. The molecule has 48 heavy (non-hydrogen) atoms. The maximum Gasteiger partial charge on any atom is 1.00 e. The predicted octanol–water partition coefficient (Wildman–Crippen LogP) is -19.3. The smallest absolute Gasteiger partial charge is 0.548 e. The van der Waals surface area contributed by atoms with Crippen LogP contribution in [0.5, 0.6) is 0 Å². The molecule has 0 unspecified atom stereocenters. The van der Waals surface area contributed by atoms with Gasteiger partial charge in [-0.3, -0.25) is 43.5 Å². The van der Waals surface area contributed by atoms with Gasteiger partial charge in [-0.2, -0.15) is 0 Å². The molecule has 0 bridgehead atoms. The second kappa shape index (κ2) is 32.2. The number of hydrogen-bond donors (Lipinski definition) is 9. The van der Waals surface area contributed by atoms with E-state index in [1.807, 2.05) is 0 Å². The van der Waals surface area contributed by atoms with Gasteiger partial charge in [0.15, 0.2) is 0 Å². The predicted molar refractivity (Wildman–Crippen MR) is 128 cm³/mol. The molecule has 258 valence electrons. The van der Waals surface area contributed by atoms with Crippen molar-refractivity contribution in [3.63, 3.8) is 0 Å². The Morgan fingerprint density at radius 3 is 0.562 bits per heavy atom. The van der Waals surface area contributed by atoms with E-state index in [2.05, 4.69) is 0 Å². The molecule has 3 atom stereocenters. The normalized spacial score (nSPS) is 11.6. The molecular formula is C21H30N3Na3O21. The van der Waals surface area contributed by atoms with E-state index in [4.69, 9.17) is 46.0 Å². The van der Waals surface area contributed by atoms with Crippen LogP contribution in [0.1, 0.15) is 0 Å². The zero-order valence-corrected chi connectivity index (χ0v) is 31.9. The number of carboxylic acid groups (broad SMARTS) is 9. The first-order valence-electron chi connectivity index (χ1n) is 11.6. The minimum atomic E-state index is -1.72. The number of carbonyl (C=O) groups excluding carboxylic acids is 3. The summed E-state index contributed by atoms with van der Waals surface area (Å²) in [6, 6.07) is -4.92. The summed E-state index contributed by atoms with van der Waals surface area (Å²) in [7, 11) is 0. The molecule has 24 nitrogen and oxygen atoms in total. The Kier molecular flexibility index (Phi) is 39.1. The van der Waals surface area contributed by atoms with Crippen LogP contribution in [0.15, 0.2) is 0 Å². The van der Waals surface area contributed by atoms with Crippen LogP contribution in [-0.2, 0) is 43.2 Å². The molecule has 0 aliphatic carbocycles. The molecule has 0 aromatic heterocycles. The minimum Gasteiger partial charge on any atom is -0.548 e. The second-order valence-corrected chi connectivity index (χ2v) is 8.13. The van der Waals surface area contributed by atoms with Gasteiger partial charge < -0.3 is 75.7 Å². The van der Waals surface area contributed by atoms with Crippen molar-refractivity contribution in [2.75, 3.05) is 59.1 Å². The van der Waals surface area contributed by atoms with Gasteiger partial charge in [0.1, 0.15) is 0 Å². The molecule has 0 aromatic carbocycles. The molecule has 0 aliphatic rings. The fourth-order valence-corrected chi connectivity index (χ4v) is 2.89. The number of hydrogen-bond acceptors (Lipinski definition) is 18. The number of rotatable bonds is 21. The third-order valence-electron chi connectivity index (χ3n) is 4.69. The van der Waals surface area contributed by atoms with Crippen molar-refractivity contribution in [2.45, 2.75) is 18.1 Å². The van der Waals surface area contributed by atoms with E-state index in [9.17, 15) is 58.5 Å². The Labute approximate surface area is 336 Å². The summed E-state index contributed by atoms with van der Waals surface area (Å²) in [6.45, 7) is -7.54. The summed E-state index contributed by atoms with van der Waals surface area (Å²) in [6.07, 6.45) is 0. The summed E-state index contributed by atoms with van der Waals surface area (Å²) < 4.78 is 0. The molecule has 0 radical (unpaired) electrons. The van der Waals surface area contributed by atoms with E-state index in [1.165, 1.54) is 0 Å². The number of aliphatic hydroxyl groups is 3. The number of aliphatic carboxylic acids is 9. The SMILES string of the molecule is O=C(O)CN(CC(=O)O)[C@@H](CO)C(=O)[O-].O=C(O)CN(CC(=O)O)[C@@H](CO)C(=O)[O-].O=C(O)CN(CC(=O)O)[C@@H](CO)C(=O)[O-].[Na+].[Na+].[Na+]. The number of carboxylic acids is 9. The van der Waals surface area contributed by atoms with E-state index >= 15 is 0 Å². The van der Waals surface area contributed by atoms with Crippen LogP contribution >= 0.6 is 0 Å². The molecule has 0 fully saturated rings. The molecule has 0 aliphatic heterocycles. The van der Waals surface area contributed by atoms with Crippen molar-refractivity contribution >= 4 is 53.7 Å². The quantitative estimate of drug-likeness (QED) is 0.0495. The fraction of sp³-hybridized carbons (Fsp3) is 0.571. The molecule has 0 rings (SSSR count). The molecule has 0 spiro atoms. The zero-order chi connectivity index (χ0) is 36.0. The van der Waals surface area contributed by atoms with Gasteiger partial charge in [-0.25, -0.2) is 0 Å². The van der Waals surface area contributed by atoms with E-state index in [-0.39, 0.29) is 88.7 Å². The van der Waals surface area contributed by atoms with Crippen molar-refractivity contribution in [1.29, 1.82) is 0 Å². The number of nitrogens with zero attached hydrogens (tertiary/aromatic N) is 3. The van der Waals surface area contributed by atoms with Crippen LogP contribution in [0, 0.1) is 0 Å². The van der Waals surface area contributed by atoms with E-state index in [0.29, 0.717) is 14.7 Å². The Balaban J connectivity index is -0.000000134. The summed E-state index contributed by atoms with van der Waals surface area (Å²) in [5, 5.41) is 108. The average Bonchev–Trinajstić information content (AvgIpc) is 2.83. The molecule has 0 saturated carbocycles. The van der Waals surface area contributed by atoms with Gasteiger partial charge in [0.2, 0.25) is 0 Å². The van der Waals surface area contributed by atoms with Crippen molar-refractivity contribution in [2.24, 2.45) is 0 Å². The molecule has 0 saturated heterocycles. The van der Waals surface area contributed by atoms with Crippen LogP contribution in [0.4, 0.5) is 0 Å². The topological polar surface area (TPSA) is 415 Å². The van der Waals surface area contributed by atoms with Gasteiger partial charge in [-0.15, -0.1) is 0 Å². The third kappa shape index (κ3) is 30.1. The van der Waals surface area contributed by atoms with Crippen molar-refractivity contribution in [3.05, 3.63) is 0 Å². The first-order valence-corrected chi connectivity index (χ1v) is 11.6. The van der Waals surface area contributed by atoms with Crippen LogP contribution in [-0.4, -0.2) is 192 Å². The van der Waals surface area contributed by atoms with Gasteiger partial charge in [-0.1, -0.05) is 0 Å². The fourth-order valence-electron chi connectivity index (χ4n) is 2.89. The van der Waals surface area contributed by atoms with Gasteiger partial charge in [0, 0.05) is 0 Å². The van der Waals surface area contributed by atoms with Crippen molar-refractivity contribution in [3.8, 4) is 0 Å². The van der Waals surface area contributed by atoms with Crippen LogP contribution in [0.2, 0.25) is 0 Å². The van der Waals surface area contributed by atoms with Crippen LogP contribution in [0.3, 0.4) is 0 Å². The Morgan fingerprint density at radius 1 is 0.375 bits per heavy atom. The first-order chi connectivity index (χ1) is 20.6. The van der Waals surface area contributed by atoms with Crippen LogP contribution in [0.25, 0.3) is 0 Å². The van der Waals surface area contributed by atoms with E-state index in [0.717, 1.165) is 0 Å². The average molecular weight is 729 g/mol. The maximum atomic E-state index is 10.4. The van der Waals surface area contributed by atoms with Crippen molar-refractivity contribution in [1.82, 2.24) is 14.7 Å². The van der Waals surface area contributed by atoms with Gasteiger partial charge in [0.05, 0.1) is 95.1 Å². The van der Waals surface area contributed by atoms with Crippen LogP contribution < -0.4 is 104 Å². The summed E-state index contributed by atoms with van der Waals surface area (Å²) >= 11 is 0. The standard InChI is InChI=1S/3C7H11NO7.3Na/c3*9-3-4(7(14)15)8(1-5(10)11)2-6(12)13;;;/h3*4,9H,1-3H2,(H,10,11)(H,12,13)(H,14,15);;;/q;;;3*+1/p-3/t3*4-;;;/m000.../s1. The maximum absolute atomic E-state index is 10.4. The van der Waals surface area contributed by atoms with Gasteiger partial charge in [-0.05, 0) is 0 Å². The Bertz CT molecular complexity index is 889. The minimum absolute atomic E-state index is 0. The Morgan fingerprint density at radius 2 is 0.500 bits per heavy atom. The summed E-state index contributed by atoms with van der Waals surface area (Å²) in [4.78, 5) is 94.9. The van der Waals surface area contributed by atoms with E-state index in [1.54, 1.807) is 0 Å². The van der Waals surface area contributed by atoms with Crippen molar-refractivity contribution < 1.29 is 193 Å². The van der Waals surface area contributed by atoms with Gasteiger partial charge >= 0.3 is 124 Å².